The van der Waals surface area contributed by atoms with Crippen LogP contribution >= 0.6 is 23.1 Å². The topological polar surface area (TPSA) is 71.5 Å². The van der Waals surface area contributed by atoms with Gasteiger partial charge in [0.15, 0.2) is 0 Å². The predicted octanol–water partition coefficient (Wildman–Crippen LogP) is 8.06. The smallest absolute Gasteiger partial charge is 0.290 e. The average molecular weight is 656 g/mol. The predicted molar refractivity (Wildman–Crippen MR) is 190 cm³/mol. The highest BCUT2D eigenvalue weighted by Crippen LogP contribution is 2.47. The van der Waals surface area contributed by atoms with E-state index in [9.17, 15) is 9.59 Å². The standard InChI is InChI=1S/C39H33N3O3S2/c43-37-35(26-28-20-22-32(23-21-28)45-25-24-40-27-36-41-33-18-10-11-19-34(33)46-36)47-38(44)42(37)39(29-12-4-1-5-13-29,30-14-6-2-7-15-30)31-16-8-3-9-17-31/h1-23,35,40H,24-27H2. The lowest BCUT2D eigenvalue weighted by Crippen LogP contribution is -2.51. The normalized spacial score (nSPS) is 15.0. The van der Waals surface area contributed by atoms with Crippen LogP contribution in [-0.2, 0) is 23.3 Å². The van der Waals surface area contributed by atoms with Crippen LogP contribution in [-0.4, -0.2) is 39.4 Å². The first-order valence-electron chi connectivity index (χ1n) is 15.6. The number of carbonyl (C=O) groups excluding carboxylic acids is 2. The van der Waals surface area contributed by atoms with Crippen LogP contribution in [0.5, 0.6) is 5.75 Å². The van der Waals surface area contributed by atoms with Gasteiger partial charge in [-0.3, -0.25) is 14.5 Å². The van der Waals surface area contributed by atoms with Gasteiger partial charge >= 0.3 is 0 Å². The van der Waals surface area contributed by atoms with E-state index in [4.69, 9.17) is 4.74 Å². The molecular weight excluding hydrogens is 623 g/mol. The second-order valence-electron chi connectivity index (χ2n) is 11.3. The van der Waals surface area contributed by atoms with Crippen LogP contribution in [0.2, 0.25) is 0 Å². The third kappa shape index (κ3) is 6.32. The Morgan fingerprint density at radius 1 is 0.723 bits per heavy atom. The highest BCUT2D eigenvalue weighted by Gasteiger charge is 2.53. The summed E-state index contributed by atoms with van der Waals surface area (Å²) in [4.78, 5) is 34.5. The van der Waals surface area contributed by atoms with Crippen LogP contribution in [0, 0.1) is 0 Å². The number of thioether (sulfide) groups is 1. The molecule has 47 heavy (non-hydrogen) atoms. The van der Waals surface area contributed by atoms with Crippen molar-refractivity contribution in [3.8, 4) is 5.75 Å². The van der Waals surface area contributed by atoms with Gasteiger partial charge in [0.25, 0.3) is 5.24 Å². The Morgan fingerprint density at radius 3 is 1.89 bits per heavy atom. The second kappa shape index (κ2) is 13.9. The number of carbonyl (C=O) groups is 2. The van der Waals surface area contributed by atoms with E-state index >= 15 is 0 Å². The first kappa shape index (κ1) is 30.9. The fourth-order valence-electron chi connectivity index (χ4n) is 6.18. The van der Waals surface area contributed by atoms with Gasteiger partial charge in [0, 0.05) is 13.1 Å². The summed E-state index contributed by atoms with van der Waals surface area (Å²) in [6, 6.07) is 45.5. The molecule has 234 valence electrons. The van der Waals surface area contributed by atoms with Crippen LogP contribution in [0.25, 0.3) is 10.2 Å². The van der Waals surface area contributed by atoms with E-state index in [1.165, 1.54) is 9.60 Å². The fourth-order valence-corrected chi connectivity index (χ4v) is 8.18. The maximum Gasteiger partial charge on any atom is 0.290 e. The lowest BCUT2D eigenvalue weighted by Gasteiger charge is -2.42. The molecule has 2 heterocycles. The number of para-hydroxylation sites is 1. The van der Waals surface area contributed by atoms with Crippen molar-refractivity contribution >= 4 is 44.5 Å². The van der Waals surface area contributed by atoms with Crippen LogP contribution in [0.15, 0.2) is 140 Å². The number of aromatic nitrogens is 1. The zero-order valence-corrected chi connectivity index (χ0v) is 27.3. The Bertz CT molecular complexity index is 1840. The molecule has 0 spiro atoms. The van der Waals surface area contributed by atoms with Crippen molar-refractivity contribution in [1.29, 1.82) is 0 Å². The van der Waals surface area contributed by atoms with Crippen molar-refractivity contribution in [2.75, 3.05) is 13.2 Å². The fraction of sp³-hybridized carbons (Fsp3) is 0.154. The molecule has 0 aliphatic carbocycles. The molecule has 1 fully saturated rings. The Kier molecular flexibility index (Phi) is 9.15. The number of rotatable bonds is 12. The van der Waals surface area contributed by atoms with Crippen LogP contribution in [0.1, 0.15) is 27.3 Å². The van der Waals surface area contributed by atoms with E-state index in [-0.39, 0.29) is 11.1 Å². The monoisotopic (exact) mass is 655 g/mol. The largest absolute Gasteiger partial charge is 0.492 e. The maximum absolute atomic E-state index is 14.4. The van der Waals surface area contributed by atoms with Crippen molar-refractivity contribution in [2.45, 2.75) is 23.8 Å². The lowest BCUT2D eigenvalue weighted by atomic mass is 9.75. The number of thiazole rings is 1. The Labute approximate surface area is 282 Å². The molecular formula is C39H33N3O3S2. The number of benzene rings is 5. The van der Waals surface area contributed by atoms with Gasteiger partial charge in [-0.1, -0.05) is 127 Å². The molecule has 7 rings (SSSR count). The summed E-state index contributed by atoms with van der Waals surface area (Å²) in [6.45, 7) is 1.91. The van der Waals surface area contributed by atoms with E-state index in [1.807, 2.05) is 133 Å². The van der Waals surface area contributed by atoms with Gasteiger partial charge in [0.1, 0.15) is 22.9 Å². The van der Waals surface area contributed by atoms with Gasteiger partial charge in [0.2, 0.25) is 5.91 Å². The molecule has 8 heteroatoms. The summed E-state index contributed by atoms with van der Waals surface area (Å²) in [6.07, 6.45) is 0.435. The van der Waals surface area contributed by atoms with Crippen LogP contribution < -0.4 is 10.1 Å². The Morgan fingerprint density at radius 2 is 1.30 bits per heavy atom. The summed E-state index contributed by atoms with van der Waals surface area (Å²) >= 11 is 2.80. The number of hydrogen-bond donors (Lipinski definition) is 1. The molecule has 0 bridgehead atoms. The summed E-state index contributed by atoms with van der Waals surface area (Å²) in [5, 5.41) is 3.66. The summed E-state index contributed by atoms with van der Waals surface area (Å²) < 4.78 is 7.15. The summed E-state index contributed by atoms with van der Waals surface area (Å²) in [7, 11) is 0. The van der Waals surface area contributed by atoms with Gasteiger partial charge in [-0.2, -0.15) is 0 Å². The molecule has 1 N–H and O–H groups in total. The zero-order valence-electron chi connectivity index (χ0n) is 25.6. The van der Waals surface area contributed by atoms with Gasteiger partial charge < -0.3 is 10.1 Å². The number of imide groups is 1. The van der Waals surface area contributed by atoms with Gasteiger partial charge in [0.05, 0.1) is 15.5 Å². The molecule has 1 atom stereocenters. The van der Waals surface area contributed by atoms with E-state index in [0.29, 0.717) is 26.1 Å². The highest BCUT2D eigenvalue weighted by molar-refractivity contribution is 8.15. The number of amides is 2. The number of ether oxygens (including phenoxy) is 1. The lowest BCUT2D eigenvalue weighted by molar-refractivity contribution is -0.129. The minimum Gasteiger partial charge on any atom is -0.492 e. The molecule has 1 aliphatic heterocycles. The molecule has 1 unspecified atom stereocenters. The molecule has 6 aromatic rings. The average Bonchev–Trinajstić information content (AvgIpc) is 3.66. The van der Waals surface area contributed by atoms with Crippen molar-refractivity contribution in [3.05, 3.63) is 167 Å². The third-order valence-corrected chi connectivity index (χ3v) is 10.4. The highest BCUT2D eigenvalue weighted by atomic mass is 32.2. The molecule has 1 aliphatic rings. The molecule has 0 saturated carbocycles. The Balaban J connectivity index is 1.04. The molecule has 1 aromatic heterocycles. The van der Waals surface area contributed by atoms with Gasteiger partial charge in [-0.25, -0.2) is 4.98 Å². The maximum atomic E-state index is 14.4. The van der Waals surface area contributed by atoms with Crippen molar-refractivity contribution < 1.29 is 14.3 Å². The number of nitrogens with one attached hydrogen (secondary N) is 1. The number of hydrogen-bond acceptors (Lipinski definition) is 7. The zero-order chi connectivity index (χ0) is 32.1. The molecule has 2 amide bonds. The third-order valence-electron chi connectivity index (χ3n) is 8.34. The molecule has 6 nitrogen and oxygen atoms in total. The minimum atomic E-state index is -1.11. The molecule has 0 radical (unpaired) electrons. The summed E-state index contributed by atoms with van der Waals surface area (Å²) in [5.74, 6) is 0.561. The molecule has 5 aromatic carbocycles. The quantitative estimate of drug-likeness (QED) is 0.106. The first-order chi connectivity index (χ1) is 23.1. The van der Waals surface area contributed by atoms with Gasteiger partial charge in [-0.05, 0) is 52.9 Å². The van der Waals surface area contributed by atoms with Crippen LogP contribution in [0.4, 0.5) is 4.79 Å². The van der Waals surface area contributed by atoms with Crippen LogP contribution in [0.3, 0.4) is 0 Å². The second-order valence-corrected chi connectivity index (χ2v) is 13.6. The van der Waals surface area contributed by atoms with Gasteiger partial charge in [-0.15, -0.1) is 11.3 Å². The van der Waals surface area contributed by atoms with E-state index in [2.05, 4.69) is 16.4 Å². The Hall–Kier alpha value is -4.76. The summed E-state index contributed by atoms with van der Waals surface area (Å²) in [5.41, 5.74) is 3.46. The van der Waals surface area contributed by atoms with Crippen molar-refractivity contribution in [2.24, 2.45) is 0 Å². The van der Waals surface area contributed by atoms with Crippen molar-refractivity contribution in [1.82, 2.24) is 15.2 Å². The first-order valence-corrected chi connectivity index (χ1v) is 17.3. The van der Waals surface area contributed by atoms with E-state index in [1.54, 1.807) is 11.3 Å². The number of fused-ring (bicyclic) bond motifs is 1. The molecule has 1 saturated heterocycles. The SMILES string of the molecule is O=C1SC(Cc2ccc(OCCNCc3nc4ccccc4s3)cc2)C(=O)N1C(c1ccccc1)(c1ccccc1)c1ccccc1. The number of nitrogens with zero attached hydrogens (tertiary/aromatic N) is 2. The van der Waals surface area contributed by atoms with E-state index in [0.717, 1.165) is 50.3 Å². The van der Waals surface area contributed by atoms with E-state index < -0.39 is 10.8 Å². The van der Waals surface area contributed by atoms with Crippen molar-refractivity contribution in [3.63, 3.8) is 0 Å². The minimum absolute atomic E-state index is 0.198.